The zero-order valence-corrected chi connectivity index (χ0v) is 10.8. The molecule has 0 amide bonds. The van der Waals surface area contributed by atoms with Crippen LogP contribution in [0.1, 0.15) is 36.9 Å². The molecular formula is C13H19F3N2O. The van der Waals surface area contributed by atoms with Crippen molar-refractivity contribution in [2.45, 2.75) is 32.0 Å². The van der Waals surface area contributed by atoms with Crippen LogP contribution in [0.2, 0.25) is 0 Å². The molecule has 1 aromatic rings. The summed E-state index contributed by atoms with van der Waals surface area (Å²) in [4.78, 5) is 0. The van der Waals surface area contributed by atoms with E-state index < -0.39 is 17.8 Å². The highest BCUT2D eigenvalue weighted by molar-refractivity contribution is 5.32. The SMILES string of the molecule is CCOCCCC(NN)c1ccccc1C(F)(F)F. The number of benzene rings is 1. The second-order valence-electron chi connectivity index (χ2n) is 4.14. The lowest BCUT2D eigenvalue weighted by Gasteiger charge is -2.21. The smallest absolute Gasteiger partial charge is 0.382 e. The van der Waals surface area contributed by atoms with Gasteiger partial charge in [0.15, 0.2) is 0 Å². The van der Waals surface area contributed by atoms with Gasteiger partial charge in [-0.3, -0.25) is 11.3 Å². The Morgan fingerprint density at radius 3 is 2.58 bits per heavy atom. The van der Waals surface area contributed by atoms with Crippen molar-refractivity contribution in [3.63, 3.8) is 0 Å². The van der Waals surface area contributed by atoms with Gasteiger partial charge in [0, 0.05) is 19.3 Å². The summed E-state index contributed by atoms with van der Waals surface area (Å²) in [5, 5.41) is 0. The molecule has 0 aliphatic heterocycles. The van der Waals surface area contributed by atoms with Crippen LogP contribution in [-0.2, 0) is 10.9 Å². The molecule has 0 aromatic heterocycles. The summed E-state index contributed by atoms with van der Waals surface area (Å²) in [6.07, 6.45) is -3.23. The Balaban J connectivity index is 2.80. The summed E-state index contributed by atoms with van der Waals surface area (Å²) < 4.78 is 43.9. The Labute approximate surface area is 110 Å². The van der Waals surface area contributed by atoms with Crippen LogP contribution in [-0.4, -0.2) is 13.2 Å². The van der Waals surface area contributed by atoms with Gasteiger partial charge in [-0.25, -0.2) is 0 Å². The first kappa shape index (κ1) is 15.9. The molecule has 1 rings (SSSR count). The molecule has 1 unspecified atom stereocenters. The van der Waals surface area contributed by atoms with Crippen LogP contribution in [0.5, 0.6) is 0 Å². The van der Waals surface area contributed by atoms with Crippen LogP contribution in [0.4, 0.5) is 13.2 Å². The molecule has 0 fully saturated rings. The fraction of sp³-hybridized carbons (Fsp3) is 0.538. The maximum atomic E-state index is 12.9. The summed E-state index contributed by atoms with van der Waals surface area (Å²) in [6.45, 7) is 2.99. The summed E-state index contributed by atoms with van der Waals surface area (Å²) in [7, 11) is 0. The van der Waals surface area contributed by atoms with Crippen molar-refractivity contribution in [3.05, 3.63) is 35.4 Å². The van der Waals surface area contributed by atoms with Crippen LogP contribution in [0, 0.1) is 0 Å². The molecule has 1 atom stereocenters. The van der Waals surface area contributed by atoms with Crippen LogP contribution in [0.25, 0.3) is 0 Å². The van der Waals surface area contributed by atoms with Crippen molar-refractivity contribution in [1.29, 1.82) is 0 Å². The summed E-state index contributed by atoms with van der Waals surface area (Å²) in [5.41, 5.74) is 1.98. The molecule has 0 bridgehead atoms. The molecule has 108 valence electrons. The third kappa shape index (κ3) is 4.81. The van der Waals surface area contributed by atoms with Crippen LogP contribution in [0.3, 0.4) is 0 Å². The molecule has 0 heterocycles. The van der Waals surface area contributed by atoms with Gasteiger partial charge in [0.1, 0.15) is 0 Å². The van der Waals surface area contributed by atoms with E-state index in [2.05, 4.69) is 5.43 Å². The highest BCUT2D eigenvalue weighted by atomic mass is 19.4. The molecule has 0 saturated heterocycles. The molecular weight excluding hydrogens is 257 g/mol. The van der Waals surface area contributed by atoms with E-state index in [-0.39, 0.29) is 5.56 Å². The standard InChI is InChI=1S/C13H19F3N2O/c1-2-19-9-5-8-12(18-17)10-6-3-4-7-11(10)13(14,15)16/h3-4,6-7,12,18H,2,5,8-9,17H2,1H3. The van der Waals surface area contributed by atoms with E-state index in [1.165, 1.54) is 12.1 Å². The number of halogens is 3. The Morgan fingerprint density at radius 1 is 1.32 bits per heavy atom. The van der Waals surface area contributed by atoms with E-state index in [4.69, 9.17) is 10.6 Å². The van der Waals surface area contributed by atoms with Gasteiger partial charge in [-0.1, -0.05) is 18.2 Å². The fourth-order valence-corrected chi connectivity index (χ4v) is 1.92. The van der Waals surface area contributed by atoms with Gasteiger partial charge in [-0.2, -0.15) is 13.2 Å². The average molecular weight is 276 g/mol. The van der Waals surface area contributed by atoms with Crippen molar-refractivity contribution in [3.8, 4) is 0 Å². The number of alkyl halides is 3. The predicted octanol–water partition coefficient (Wildman–Crippen LogP) is 3.03. The molecule has 19 heavy (non-hydrogen) atoms. The van der Waals surface area contributed by atoms with Crippen LogP contribution in [0.15, 0.2) is 24.3 Å². The molecule has 3 nitrogen and oxygen atoms in total. The monoisotopic (exact) mass is 276 g/mol. The minimum absolute atomic E-state index is 0.175. The van der Waals surface area contributed by atoms with Crippen molar-refractivity contribution >= 4 is 0 Å². The minimum Gasteiger partial charge on any atom is -0.382 e. The quantitative estimate of drug-likeness (QED) is 0.457. The normalized spacial score (nSPS) is 13.5. The van der Waals surface area contributed by atoms with Crippen molar-refractivity contribution in [1.82, 2.24) is 5.43 Å². The van der Waals surface area contributed by atoms with Gasteiger partial charge in [0.05, 0.1) is 5.56 Å². The zero-order chi connectivity index (χ0) is 14.3. The molecule has 3 N–H and O–H groups in total. The van der Waals surface area contributed by atoms with E-state index in [9.17, 15) is 13.2 Å². The van der Waals surface area contributed by atoms with Crippen LogP contribution >= 0.6 is 0 Å². The van der Waals surface area contributed by atoms with Gasteiger partial charge in [0.25, 0.3) is 0 Å². The van der Waals surface area contributed by atoms with Crippen molar-refractivity contribution < 1.29 is 17.9 Å². The topological polar surface area (TPSA) is 47.3 Å². The van der Waals surface area contributed by atoms with Crippen LogP contribution < -0.4 is 11.3 Å². The molecule has 0 saturated carbocycles. The summed E-state index contributed by atoms with van der Waals surface area (Å²) >= 11 is 0. The van der Waals surface area contributed by atoms with Gasteiger partial charge in [-0.15, -0.1) is 0 Å². The number of ether oxygens (including phenoxy) is 1. The molecule has 0 radical (unpaired) electrons. The number of hydrogen-bond donors (Lipinski definition) is 2. The first-order valence-corrected chi connectivity index (χ1v) is 6.20. The van der Waals surface area contributed by atoms with Crippen molar-refractivity contribution in [2.24, 2.45) is 5.84 Å². The second kappa shape index (κ2) is 7.47. The Bertz CT molecular complexity index is 382. The Hall–Kier alpha value is -1.11. The summed E-state index contributed by atoms with van der Waals surface area (Å²) in [6, 6.07) is 4.95. The molecule has 0 aliphatic carbocycles. The van der Waals surface area contributed by atoms with Crippen molar-refractivity contribution in [2.75, 3.05) is 13.2 Å². The molecule has 0 spiro atoms. The Kier molecular flexibility index (Phi) is 6.27. The van der Waals surface area contributed by atoms with E-state index in [0.717, 1.165) is 6.07 Å². The maximum absolute atomic E-state index is 12.9. The third-order valence-corrected chi connectivity index (χ3v) is 2.83. The molecule has 1 aromatic carbocycles. The lowest BCUT2D eigenvalue weighted by molar-refractivity contribution is -0.138. The molecule has 0 aliphatic rings. The average Bonchev–Trinajstić information content (AvgIpc) is 2.38. The summed E-state index contributed by atoms with van der Waals surface area (Å²) in [5.74, 6) is 5.37. The van der Waals surface area contributed by atoms with E-state index in [0.29, 0.717) is 26.1 Å². The minimum atomic E-state index is -4.37. The first-order chi connectivity index (χ1) is 9.00. The number of nitrogens with two attached hydrogens (primary N) is 1. The largest absolute Gasteiger partial charge is 0.416 e. The number of hydrazine groups is 1. The highest BCUT2D eigenvalue weighted by Gasteiger charge is 2.34. The van der Waals surface area contributed by atoms with Gasteiger partial charge in [0.2, 0.25) is 0 Å². The van der Waals surface area contributed by atoms with E-state index in [1.807, 2.05) is 6.92 Å². The molecule has 6 heteroatoms. The third-order valence-electron chi connectivity index (χ3n) is 2.83. The van der Waals surface area contributed by atoms with Gasteiger partial charge >= 0.3 is 6.18 Å². The Morgan fingerprint density at radius 2 is 2.00 bits per heavy atom. The predicted molar refractivity (Wildman–Crippen MR) is 67.2 cm³/mol. The highest BCUT2D eigenvalue weighted by Crippen LogP contribution is 2.35. The first-order valence-electron chi connectivity index (χ1n) is 6.20. The second-order valence-corrected chi connectivity index (χ2v) is 4.14. The number of hydrogen-bond acceptors (Lipinski definition) is 3. The van der Waals surface area contributed by atoms with Gasteiger partial charge < -0.3 is 4.74 Å². The lowest BCUT2D eigenvalue weighted by Crippen LogP contribution is -2.30. The van der Waals surface area contributed by atoms with Gasteiger partial charge in [-0.05, 0) is 31.4 Å². The zero-order valence-electron chi connectivity index (χ0n) is 10.8. The van der Waals surface area contributed by atoms with E-state index in [1.54, 1.807) is 6.07 Å². The van der Waals surface area contributed by atoms with E-state index >= 15 is 0 Å². The lowest BCUT2D eigenvalue weighted by atomic mass is 9.97. The number of nitrogens with one attached hydrogen (secondary N) is 1. The maximum Gasteiger partial charge on any atom is 0.416 e. The fourth-order valence-electron chi connectivity index (χ4n) is 1.92. The number of rotatable bonds is 7.